The van der Waals surface area contributed by atoms with Crippen molar-refractivity contribution in [3.8, 4) is 0 Å². The molecule has 4 rings (SSSR count). The molecule has 0 amide bonds. The van der Waals surface area contributed by atoms with Crippen molar-refractivity contribution < 1.29 is 0 Å². The lowest BCUT2D eigenvalue weighted by Gasteiger charge is -2.25. The van der Waals surface area contributed by atoms with Crippen molar-refractivity contribution in [2.45, 2.75) is 5.92 Å². The second-order valence-corrected chi connectivity index (χ2v) is 6.25. The highest BCUT2D eigenvalue weighted by molar-refractivity contribution is 6.30. The number of nitrogens with two attached hydrogens (primary N) is 1. The minimum absolute atomic E-state index is 0.0837. The number of anilines is 2. The van der Waals surface area contributed by atoms with E-state index in [-0.39, 0.29) is 17.4 Å². The average molecular weight is 351 g/mol. The van der Waals surface area contributed by atoms with Crippen LogP contribution in [0.5, 0.6) is 0 Å². The van der Waals surface area contributed by atoms with Gasteiger partial charge in [-0.05, 0) is 29.3 Å². The monoisotopic (exact) mass is 350 g/mol. The SMILES string of the molecule is Nc1nc2c(c(=O)[nH]1)[C@H](c1ccc(Cl)cc1)C=C(c1ccccc1)N2. The molecule has 3 aromatic rings. The van der Waals surface area contributed by atoms with Crippen molar-refractivity contribution in [3.63, 3.8) is 0 Å². The van der Waals surface area contributed by atoms with Crippen molar-refractivity contribution in [2.24, 2.45) is 0 Å². The lowest BCUT2D eigenvalue weighted by atomic mass is 9.88. The van der Waals surface area contributed by atoms with E-state index in [1.165, 1.54) is 0 Å². The first-order chi connectivity index (χ1) is 12.1. The number of allylic oxidation sites excluding steroid dienone is 1. The number of nitrogen functional groups attached to an aromatic ring is 1. The maximum atomic E-state index is 12.5. The standard InChI is InChI=1S/C19H15ClN4O/c20-13-8-6-11(7-9-13)14-10-15(12-4-2-1-3-5-12)22-17-16(14)18(25)24-19(21)23-17/h1-10,14H,(H4,21,22,23,24,25)/t14-/m0/s1. The fourth-order valence-corrected chi connectivity index (χ4v) is 3.15. The molecular weight excluding hydrogens is 336 g/mol. The number of hydrogen-bond acceptors (Lipinski definition) is 4. The molecule has 124 valence electrons. The summed E-state index contributed by atoms with van der Waals surface area (Å²) in [5.41, 5.74) is 8.86. The van der Waals surface area contributed by atoms with E-state index in [1.807, 2.05) is 60.7 Å². The van der Waals surface area contributed by atoms with Crippen LogP contribution in [0, 0.1) is 0 Å². The molecule has 0 aliphatic carbocycles. The van der Waals surface area contributed by atoms with E-state index in [0.717, 1.165) is 16.8 Å². The van der Waals surface area contributed by atoms with Crippen LogP contribution >= 0.6 is 11.6 Å². The summed E-state index contributed by atoms with van der Waals surface area (Å²) >= 11 is 6.00. The van der Waals surface area contributed by atoms with Crippen molar-refractivity contribution in [1.29, 1.82) is 0 Å². The second kappa shape index (κ2) is 6.11. The summed E-state index contributed by atoms with van der Waals surface area (Å²) in [5, 5.41) is 3.88. The smallest absolute Gasteiger partial charge is 0.258 e. The van der Waals surface area contributed by atoms with E-state index < -0.39 is 0 Å². The molecule has 6 heteroatoms. The Hall–Kier alpha value is -3.05. The molecule has 0 saturated carbocycles. The summed E-state index contributed by atoms with van der Waals surface area (Å²) in [6.45, 7) is 0. The van der Waals surface area contributed by atoms with Crippen LogP contribution < -0.4 is 16.6 Å². The summed E-state index contributed by atoms with van der Waals surface area (Å²) in [4.78, 5) is 19.4. The third-order valence-electron chi connectivity index (χ3n) is 4.18. The van der Waals surface area contributed by atoms with Crippen molar-refractivity contribution >= 4 is 29.1 Å². The number of H-pyrrole nitrogens is 1. The van der Waals surface area contributed by atoms with Gasteiger partial charge in [-0.25, -0.2) is 0 Å². The third kappa shape index (κ3) is 2.90. The number of halogens is 1. The molecule has 0 bridgehead atoms. The zero-order valence-corrected chi connectivity index (χ0v) is 13.9. The van der Waals surface area contributed by atoms with E-state index >= 15 is 0 Å². The fourth-order valence-electron chi connectivity index (χ4n) is 3.02. The average Bonchev–Trinajstić information content (AvgIpc) is 2.62. The number of nitrogens with zero attached hydrogens (tertiary/aromatic N) is 1. The van der Waals surface area contributed by atoms with Gasteiger partial charge in [0.2, 0.25) is 5.95 Å². The molecule has 0 fully saturated rings. The maximum Gasteiger partial charge on any atom is 0.258 e. The Balaban J connectivity index is 1.91. The number of benzene rings is 2. The predicted molar refractivity (Wildman–Crippen MR) is 101 cm³/mol. The quantitative estimate of drug-likeness (QED) is 0.659. The molecule has 0 saturated heterocycles. The maximum absolute atomic E-state index is 12.5. The molecule has 4 N–H and O–H groups in total. The zero-order valence-electron chi connectivity index (χ0n) is 13.2. The first-order valence-corrected chi connectivity index (χ1v) is 8.19. The van der Waals surface area contributed by atoms with E-state index in [0.29, 0.717) is 16.4 Å². The zero-order chi connectivity index (χ0) is 17.4. The summed E-state index contributed by atoms with van der Waals surface area (Å²) in [6, 6.07) is 17.3. The number of nitrogens with one attached hydrogen (secondary N) is 2. The van der Waals surface area contributed by atoms with E-state index in [9.17, 15) is 4.79 Å². The van der Waals surface area contributed by atoms with Gasteiger partial charge in [-0.1, -0.05) is 54.1 Å². The van der Waals surface area contributed by atoms with Crippen LogP contribution in [0.25, 0.3) is 5.70 Å². The van der Waals surface area contributed by atoms with Crippen LogP contribution in [-0.2, 0) is 0 Å². The Morgan fingerprint density at radius 3 is 2.48 bits per heavy atom. The number of hydrogen-bond donors (Lipinski definition) is 3. The number of fused-ring (bicyclic) bond motifs is 1. The molecule has 1 atom stereocenters. The minimum Gasteiger partial charge on any atom is -0.369 e. The predicted octanol–water partition coefficient (Wildman–Crippen LogP) is 3.60. The van der Waals surface area contributed by atoms with Crippen LogP contribution in [0.1, 0.15) is 22.6 Å². The van der Waals surface area contributed by atoms with Gasteiger partial charge in [0.1, 0.15) is 5.82 Å². The highest BCUT2D eigenvalue weighted by Crippen LogP contribution is 2.36. The molecule has 2 aromatic carbocycles. The first kappa shape index (κ1) is 15.5. The summed E-state index contributed by atoms with van der Waals surface area (Å²) in [7, 11) is 0. The van der Waals surface area contributed by atoms with Gasteiger partial charge in [0.25, 0.3) is 5.56 Å². The van der Waals surface area contributed by atoms with Gasteiger partial charge in [0.05, 0.1) is 5.56 Å². The number of aromatic nitrogens is 2. The Kier molecular flexibility index (Phi) is 3.78. The van der Waals surface area contributed by atoms with Crippen LogP contribution in [-0.4, -0.2) is 9.97 Å². The van der Waals surface area contributed by atoms with Crippen molar-refractivity contribution in [1.82, 2.24) is 9.97 Å². The molecule has 1 aliphatic heterocycles. The van der Waals surface area contributed by atoms with Gasteiger partial charge in [-0.3, -0.25) is 9.78 Å². The fraction of sp³-hybridized carbons (Fsp3) is 0.0526. The second-order valence-electron chi connectivity index (χ2n) is 5.81. The molecule has 1 aromatic heterocycles. The summed E-state index contributed by atoms with van der Waals surface area (Å²) in [6.07, 6.45) is 2.02. The number of rotatable bonds is 2. The van der Waals surface area contributed by atoms with Crippen LogP contribution in [0.3, 0.4) is 0 Å². The van der Waals surface area contributed by atoms with Gasteiger partial charge in [-0.2, -0.15) is 4.98 Å². The van der Waals surface area contributed by atoms with Gasteiger partial charge >= 0.3 is 0 Å². The number of aromatic amines is 1. The van der Waals surface area contributed by atoms with Crippen LogP contribution in [0.4, 0.5) is 11.8 Å². The summed E-state index contributed by atoms with van der Waals surface area (Å²) in [5.74, 6) is 0.309. The molecular formula is C19H15ClN4O. The van der Waals surface area contributed by atoms with Gasteiger partial charge in [0, 0.05) is 16.6 Å². The van der Waals surface area contributed by atoms with E-state index in [1.54, 1.807) is 0 Å². The highest BCUT2D eigenvalue weighted by atomic mass is 35.5. The van der Waals surface area contributed by atoms with Gasteiger partial charge < -0.3 is 11.1 Å². The third-order valence-corrected chi connectivity index (χ3v) is 4.44. The van der Waals surface area contributed by atoms with Crippen LogP contribution in [0.2, 0.25) is 5.02 Å². The minimum atomic E-state index is -0.252. The topological polar surface area (TPSA) is 83.8 Å². The largest absolute Gasteiger partial charge is 0.369 e. The molecule has 0 radical (unpaired) electrons. The normalized spacial score (nSPS) is 15.9. The van der Waals surface area contributed by atoms with Gasteiger partial charge in [-0.15, -0.1) is 0 Å². The van der Waals surface area contributed by atoms with E-state index in [4.69, 9.17) is 17.3 Å². The molecule has 0 spiro atoms. The lowest BCUT2D eigenvalue weighted by molar-refractivity contribution is 0.944. The Labute approximate surface area is 149 Å². The first-order valence-electron chi connectivity index (χ1n) is 7.81. The van der Waals surface area contributed by atoms with E-state index in [2.05, 4.69) is 15.3 Å². The van der Waals surface area contributed by atoms with Crippen molar-refractivity contribution in [2.75, 3.05) is 11.1 Å². The molecule has 0 unspecified atom stereocenters. The summed E-state index contributed by atoms with van der Waals surface area (Å²) < 4.78 is 0. The highest BCUT2D eigenvalue weighted by Gasteiger charge is 2.26. The molecule has 5 nitrogen and oxygen atoms in total. The lowest BCUT2D eigenvalue weighted by Crippen LogP contribution is -2.25. The molecule has 1 aliphatic rings. The molecule has 25 heavy (non-hydrogen) atoms. The molecule has 2 heterocycles. The Morgan fingerprint density at radius 1 is 1.04 bits per heavy atom. The Bertz CT molecular complexity index is 1010. The van der Waals surface area contributed by atoms with Crippen molar-refractivity contribution in [3.05, 3.63) is 92.7 Å². The van der Waals surface area contributed by atoms with Gasteiger partial charge in [0.15, 0.2) is 0 Å². The van der Waals surface area contributed by atoms with Crippen LogP contribution in [0.15, 0.2) is 65.5 Å². The Morgan fingerprint density at radius 2 is 1.76 bits per heavy atom.